The number of nitrogens with one attached hydrogen (secondary N) is 2. The molecule has 2 aromatic rings. The van der Waals surface area contributed by atoms with Crippen LogP contribution in [0.2, 0.25) is 0 Å². The van der Waals surface area contributed by atoms with E-state index >= 15 is 0 Å². The Labute approximate surface area is 130 Å². The van der Waals surface area contributed by atoms with Crippen molar-refractivity contribution in [3.05, 3.63) is 52.1 Å². The first kappa shape index (κ1) is 15.2. The van der Waals surface area contributed by atoms with Crippen molar-refractivity contribution in [2.45, 2.75) is 13.8 Å². The Morgan fingerprint density at radius 2 is 1.76 bits per heavy atom. The van der Waals surface area contributed by atoms with Crippen molar-refractivity contribution in [2.75, 3.05) is 10.6 Å². The maximum atomic E-state index is 11.9. The Bertz CT molecular complexity index is 701. The van der Waals surface area contributed by atoms with E-state index in [-0.39, 0.29) is 0 Å². The molecule has 5 nitrogen and oxygen atoms in total. The van der Waals surface area contributed by atoms with Crippen LogP contribution in [-0.2, 0) is 9.59 Å². The predicted octanol–water partition coefficient (Wildman–Crippen LogP) is 3.04. The van der Waals surface area contributed by atoms with E-state index in [1.807, 2.05) is 13.0 Å². The number of nitrogens with zero attached hydrogens (tertiary/aromatic N) is 1. The van der Waals surface area contributed by atoms with Gasteiger partial charge < -0.3 is 10.6 Å². The molecule has 0 radical (unpaired) electrons. The molecule has 0 aliphatic rings. The van der Waals surface area contributed by atoms with E-state index < -0.39 is 11.8 Å². The molecule has 0 fully saturated rings. The number of aromatic nitrogens is 1. The van der Waals surface area contributed by atoms with Gasteiger partial charge in [-0.3, -0.25) is 9.59 Å². The maximum Gasteiger partial charge on any atom is 0.315 e. The molecular weight excluding hydrogens is 334 g/mol. The summed E-state index contributed by atoms with van der Waals surface area (Å²) in [5, 5.41) is 5.07. The van der Waals surface area contributed by atoms with Crippen molar-refractivity contribution in [2.24, 2.45) is 0 Å². The van der Waals surface area contributed by atoms with E-state index in [0.29, 0.717) is 11.5 Å². The molecule has 108 valence electrons. The van der Waals surface area contributed by atoms with E-state index in [1.54, 1.807) is 37.4 Å². The fraction of sp³-hybridized carbons (Fsp3) is 0.133. The topological polar surface area (TPSA) is 71.1 Å². The summed E-state index contributed by atoms with van der Waals surface area (Å²) in [5.74, 6) is -1.10. The lowest BCUT2D eigenvalue weighted by molar-refractivity contribution is -0.133. The Hall–Kier alpha value is -2.21. The molecule has 2 amide bonds. The zero-order chi connectivity index (χ0) is 15.4. The number of pyridine rings is 1. The molecule has 0 bridgehead atoms. The van der Waals surface area contributed by atoms with Crippen LogP contribution in [0.4, 0.5) is 11.5 Å². The number of aryl methyl sites for hydroxylation is 2. The highest BCUT2D eigenvalue weighted by molar-refractivity contribution is 9.10. The number of halogens is 1. The molecule has 6 heteroatoms. The van der Waals surface area contributed by atoms with Gasteiger partial charge in [0, 0.05) is 16.4 Å². The van der Waals surface area contributed by atoms with Gasteiger partial charge in [-0.15, -0.1) is 0 Å². The van der Waals surface area contributed by atoms with Crippen molar-refractivity contribution in [1.29, 1.82) is 0 Å². The lowest BCUT2D eigenvalue weighted by Crippen LogP contribution is -2.29. The van der Waals surface area contributed by atoms with Gasteiger partial charge in [-0.25, -0.2) is 4.98 Å². The molecule has 0 saturated heterocycles. The fourth-order valence-corrected chi connectivity index (χ4v) is 2.20. The average molecular weight is 348 g/mol. The van der Waals surface area contributed by atoms with Crippen LogP contribution in [0.25, 0.3) is 0 Å². The molecule has 0 aliphatic heterocycles. The molecule has 2 rings (SSSR count). The molecule has 0 saturated carbocycles. The van der Waals surface area contributed by atoms with Gasteiger partial charge in [-0.1, -0.05) is 22.0 Å². The van der Waals surface area contributed by atoms with Gasteiger partial charge >= 0.3 is 11.8 Å². The molecule has 2 N–H and O–H groups in total. The lowest BCUT2D eigenvalue weighted by atomic mass is 10.2. The smallest absolute Gasteiger partial charge is 0.315 e. The second-order valence-corrected chi connectivity index (χ2v) is 5.45. The van der Waals surface area contributed by atoms with Crippen molar-refractivity contribution < 1.29 is 9.59 Å². The molecule has 21 heavy (non-hydrogen) atoms. The number of rotatable bonds is 2. The largest absolute Gasteiger partial charge is 0.318 e. The van der Waals surface area contributed by atoms with Gasteiger partial charge in [0.05, 0.1) is 0 Å². The van der Waals surface area contributed by atoms with Gasteiger partial charge in [0.15, 0.2) is 0 Å². The van der Waals surface area contributed by atoms with Crippen molar-refractivity contribution in [1.82, 2.24) is 4.98 Å². The Morgan fingerprint density at radius 3 is 2.43 bits per heavy atom. The van der Waals surface area contributed by atoms with Gasteiger partial charge in [0.1, 0.15) is 5.82 Å². The van der Waals surface area contributed by atoms with Gasteiger partial charge in [-0.2, -0.15) is 0 Å². The van der Waals surface area contributed by atoms with Crippen molar-refractivity contribution in [3.8, 4) is 0 Å². The van der Waals surface area contributed by atoms with Gasteiger partial charge in [-0.05, 0) is 49.2 Å². The quantitative estimate of drug-likeness (QED) is 0.820. The molecule has 1 aromatic carbocycles. The van der Waals surface area contributed by atoms with E-state index in [4.69, 9.17) is 0 Å². The van der Waals surface area contributed by atoms with Crippen LogP contribution < -0.4 is 10.6 Å². The Balaban J connectivity index is 2.06. The van der Waals surface area contributed by atoms with Crippen LogP contribution in [0.1, 0.15) is 11.1 Å². The highest BCUT2D eigenvalue weighted by Crippen LogP contribution is 2.20. The van der Waals surface area contributed by atoms with Crippen LogP contribution >= 0.6 is 15.9 Å². The summed E-state index contributed by atoms with van der Waals surface area (Å²) in [6.45, 7) is 3.65. The number of carbonyl (C=O) groups is 2. The third-order valence-electron chi connectivity index (χ3n) is 2.88. The molecule has 0 atom stereocenters. The summed E-state index contributed by atoms with van der Waals surface area (Å²) in [5.41, 5.74) is 2.24. The van der Waals surface area contributed by atoms with E-state index in [2.05, 4.69) is 31.5 Å². The number of hydrogen-bond acceptors (Lipinski definition) is 3. The summed E-state index contributed by atoms with van der Waals surface area (Å²) < 4.78 is 0.909. The van der Waals surface area contributed by atoms with E-state index in [9.17, 15) is 9.59 Å². The monoisotopic (exact) mass is 347 g/mol. The normalized spacial score (nSPS) is 10.0. The summed E-state index contributed by atoms with van der Waals surface area (Å²) in [6.07, 6.45) is 1.55. The lowest BCUT2D eigenvalue weighted by Gasteiger charge is -2.09. The summed E-state index contributed by atoms with van der Waals surface area (Å²) >= 11 is 3.34. The summed E-state index contributed by atoms with van der Waals surface area (Å²) in [6, 6.07) is 8.95. The van der Waals surface area contributed by atoms with Crippen LogP contribution in [0.15, 0.2) is 41.0 Å². The highest BCUT2D eigenvalue weighted by Gasteiger charge is 2.16. The second kappa shape index (κ2) is 6.49. The van der Waals surface area contributed by atoms with E-state index in [1.165, 1.54) is 0 Å². The molecule has 0 spiro atoms. The minimum Gasteiger partial charge on any atom is -0.318 e. The average Bonchev–Trinajstić information content (AvgIpc) is 2.44. The first-order chi connectivity index (χ1) is 9.97. The molecule has 0 unspecified atom stereocenters. The third kappa shape index (κ3) is 3.88. The first-order valence-corrected chi connectivity index (χ1v) is 7.07. The molecular formula is C15H14BrN3O2. The van der Waals surface area contributed by atoms with Crippen molar-refractivity contribution in [3.63, 3.8) is 0 Å². The number of hydrogen-bond donors (Lipinski definition) is 2. The molecule has 0 aliphatic carbocycles. The fourth-order valence-electron chi connectivity index (χ4n) is 1.73. The van der Waals surface area contributed by atoms with Crippen molar-refractivity contribution >= 4 is 39.2 Å². The maximum absolute atomic E-state index is 11.9. The number of anilines is 2. The molecule has 1 aromatic heterocycles. The third-order valence-corrected chi connectivity index (χ3v) is 3.38. The van der Waals surface area contributed by atoms with Crippen LogP contribution in [0, 0.1) is 13.8 Å². The van der Waals surface area contributed by atoms with Crippen LogP contribution in [-0.4, -0.2) is 16.8 Å². The van der Waals surface area contributed by atoms with Gasteiger partial charge in [0.2, 0.25) is 0 Å². The number of benzene rings is 1. The SMILES string of the molecule is Cc1cc(Br)ccc1NC(=O)C(=O)Nc1ncccc1C. The molecule has 1 heterocycles. The Kier molecular flexibility index (Phi) is 4.70. The van der Waals surface area contributed by atoms with E-state index in [0.717, 1.165) is 15.6 Å². The summed E-state index contributed by atoms with van der Waals surface area (Å²) in [7, 11) is 0. The zero-order valence-electron chi connectivity index (χ0n) is 11.6. The first-order valence-electron chi connectivity index (χ1n) is 6.27. The second-order valence-electron chi connectivity index (χ2n) is 4.54. The zero-order valence-corrected chi connectivity index (χ0v) is 13.2. The van der Waals surface area contributed by atoms with Crippen LogP contribution in [0.5, 0.6) is 0 Å². The predicted molar refractivity (Wildman–Crippen MR) is 85.1 cm³/mol. The minimum absolute atomic E-state index is 0.380. The standard InChI is InChI=1S/C15H14BrN3O2/c1-9-4-3-7-17-13(9)19-15(21)14(20)18-12-6-5-11(16)8-10(12)2/h3-8H,1-2H3,(H,18,20)(H,17,19,21). The van der Waals surface area contributed by atoms with Crippen LogP contribution in [0.3, 0.4) is 0 Å². The number of carbonyl (C=O) groups excluding carboxylic acids is 2. The Morgan fingerprint density at radius 1 is 1.05 bits per heavy atom. The summed E-state index contributed by atoms with van der Waals surface area (Å²) in [4.78, 5) is 27.8. The number of amides is 2. The minimum atomic E-state index is -0.751. The van der Waals surface area contributed by atoms with Gasteiger partial charge in [0.25, 0.3) is 0 Å². The highest BCUT2D eigenvalue weighted by atomic mass is 79.9.